The zero-order valence-corrected chi connectivity index (χ0v) is 5.80. The summed E-state index contributed by atoms with van der Waals surface area (Å²) in [6, 6.07) is 2.01. The van der Waals surface area contributed by atoms with Gasteiger partial charge in [-0.15, -0.1) is 11.3 Å². The number of hydrogen-bond acceptors (Lipinski definition) is 3. The van der Waals surface area contributed by atoms with Crippen molar-refractivity contribution >= 4 is 16.2 Å². The predicted octanol–water partition coefficient (Wildman–Crippen LogP) is 1.27. The van der Waals surface area contributed by atoms with Gasteiger partial charge in [0.25, 0.3) is 0 Å². The van der Waals surface area contributed by atoms with E-state index in [0.29, 0.717) is 5.69 Å². The van der Waals surface area contributed by atoms with Gasteiger partial charge in [0, 0.05) is 11.6 Å². The van der Waals surface area contributed by atoms with Gasteiger partial charge in [0.2, 0.25) is 0 Å². The fourth-order valence-corrected chi connectivity index (χ4v) is 1.57. The maximum Gasteiger partial charge on any atom is 0.176 e. The fourth-order valence-electron chi connectivity index (χ4n) is 0.810. The summed E-state index contributed by atoms with van der Waals surface area (Å²) >= 11 is 1.52. The first-order valence-electron chi connectivity index (χ1n) is 2.72. The van der Waals surface area contributed by atoms with Crippen LogP contribution in [0.25, 0.3) is 4.83 Å². The van der Waals surface area contributed by atoms with Gasteiger partial charge < -0.3 is 0 Å². The quantitative estimate of drug-likeness (QED) is 0.566. The van der Waals surface area contributed by atoms with Crippen LogP contribution in [0.2, 0.25) is 0 Å². The van der Waals surface area contributed by atoms with Gasteiger partial charge in [-0.25, -0.2) is 4.98 Å². The van der Waals surface area contributed by atoms with Gasteiger partial charge in [-0.05, 0) is 0 Å². The van der Waals surface area contributed by atoms with Crippen molar-refractivity contribution in [2.24, 2.45) is 0 Å². The minimum absolute atomic E-state index is 0.509. The van der Waals surface area contributed by atoms with E-state index in [0.717, 1.165) is 4.83 Å². The Balaban J connectivity index is 2.92. The number of rotatable bonds is 0. The van der Waals surface area contributed by atoms with Crippen molar-refractivity contribution in [3.05, 3.63) is 23.6 Å². The minimum atomic E-state index is 0.509. The van der Waals surface area contributed by atoms with Crippen LogP contribution in [0.5, 0.6) is 0 Å². The molecule has 2 aromatic rings. The largest absolute Gasteiger partial charge is 0.296 e. The molecule has 2 rings (SSSR count). The number of fused-ring (bicyclic) bond motifs is 1. The molecule has 0 atom stereocenters. The molecular weight excluding hydrogens is 146 g/mol. The molecule has 0 spiro atoms. The third kappa shape index (κ3) is 0.552. The second-order valence-electron chi connectivity index (χ2n) is 1.82. The van der Waals surface area contributed by atoms with Gasteiger partial charge in [-0.1, -0.05) is 0 Å². The van der Waals surface area contributed by atoms with Crippen LogP contribution >= 0.6 is 11.3 Å². The number of aromatic nitrogens is 2. The van der Waals surface area contributed by atoms with Crippen molar-refractivity contribution in [1.82, 2.24) is 9.38 Å². The van der Waals surface area contributed by atoms with Crippen molar-refractivity contribution < 1.29 is 0 Å². The smallest absolute Gasteiger partial charge is 0.176 e. The Bertz CT molecular complexity index is 392. The summed E-state index contributed by atoms with van der Waals surface area (Å²) in [5.41, 5.74) is 0.509. The summed E-state index contributed by atoms with van der Waals surface area (Å²) in [6.07, 6.45) is 3.53. The zero-order chi connectivity index (χ0) is 6.97. The van der Waals surface area contributed by atoms with Crippen molar-refractivity contribution in [3.8, 4) is 6.07 Å². The Morgan fingerprint density at radius 3 is 3.40 bits per heavy atom. The minimum Gasteiger partial charge on any atom is -0.296 e. The predicted molar refractivity (Wildman–Crippen MR) is 37.8 cm³/mol. The maximum atomic E-state index is 8.52. The highest BCUT2D eigenvalue weighted by Crippen LogP contribution is 2.14. The summed E-state index contributed by atoms with van der Waals surface area (Å²) in [4.78, 5) is 4.81. The van der Waals surface area contributed by atoms with Crippen LogP contribution in [0.3, 0.4) is 0 Å². The molecule has 0 N–H and O–H groups in total. The summed E-state index contributed by atoms with van der Waals surface area (Å²) in [5.74, 6) is 0. The van der Waals surface area contributed by atoms with E-state index in [1.54, 1.807) is 6.33 Å². The molecule has 48 valence electrons. The molecule has 0 aliphatic heterocycles. The molecule has 2 aromatic heterocycles. The van der Waals surface area contributed by atoms with Gasteiger partial charge in [-0.3, -0.25) is 4.40 Å². The molecule has 0 bridgehead atoms. The average molecular weight is 149 g/mol. The second-order valence-corrected chi connectivity index (χ2v) is 2.71. The van der Waals surface area contributed by atoms with Crippen LogP contribution in [0, 0.1) is 11.3 Å². The Morgan fingerprint density at radius 1 is 1.70 bits per heavy atom. The van der Waals surface area contributed by atoms with Crippen molar-refractivity contribution in [1.29, 1.82) is 5.26 Å². The number of imidazole rings is 1. The Labute approximate surface area is 61.2 Å². The monoisotopic (exact) mass is 149 g/mol. The van der Waals surface area contributed by atoms with Gasteiger partial charge in [0.15, 0.2) is 5.69 Å². The highest BCUT2D eigenvalue weighted by Gasteiger charge is 2.01. The zero-order valence-electron chi connectivity index (χ0n) is 4.98. The molecule has 2 heterocycles. The highest BCUT2D eigenvalue weighted by molar-refractivity contribution is 7.15. The lowest BCUT2D eigenvalue weighted by molar-refractivity contribution is 1.17. The lowest BCUT2D eigenvalue weighted by atomic mass is 10.5. The van der Waals surface area contributed by atoms with Crippen LogP contribution in [0.15, 0.2) is 17.9 Å². The molecule has 0 radical (unpaired) electrons. The molecule has 4 heteroatoms. The van der Waals surface area contributed by atoms with Crippen LogP contribution in [-0.2, 0) is 0 Å². The molecule has 0 unspecified atom stereocenters. The van der Waals surface area contributed by atoms with Crippen LogP contribution in [0.4, 0.5) is 0 Å². The maximum absolute atomic E-state index is 8.52. The van der Waals surface area contributed by atoms with Crippen LogP contribution < -0.4 is 0 Å². The molecular formula is C6H3N3S. The van der Waals surface area contributed by atoms with Gasteiger partial charge in [-0.2, -0.15) is 5.26 Å². The van der Waals surface area contributed by atoms with E-state index >= 15 is 0 Å². The normalized spacial score (nSPS) is 9.90. The molecule has 0 amide bonds. The topological polar surface area (TPSA) is 41.1 Å². The molecule has 0 aliphatic carbocycles. The molecule has 0 saturated carbocycles. The van der Waals surface area contributed by atoms with E-state index in [9.17, 15) is 0 Å². The first-order chi connectivity index (χ1) is 4.92. The van der Waals surface area contributed by atoms with E-state index < -0.39 is 0 Å². The van der Waals surface area contributed by atoms with E-state index in [2.05, 4.69) is 4.98 Å². The first-order valence-corrected chi connectivity index (χ1v) is 3.60. The lowest BCUT2D eigenvalue weighted by Crippen LogP contribution is -1.68. The molecule has 3 nitrogen and oxygen atoms in total. The van der Waals surface area contributed by atoms with Gasteiger partial charge in [0.05, 0.1) is 0 Å². The molecule has 0 aliphatic rings. The van der Waals surface area contributed by atoms with Crippen molar-refractivity contribution in [2.45, 2.75) is 0 Å². The average Bonchev–Trinajstić information content (AvgIpc) is 2.44. The molecule has 0 aromatic carbocycles. The number of thiazole rings is 1. The molecule has 10 heavy (non-hydrogen) atoms. The Kier molecular flexibility index (Phi) is 0.992. The Morgan fingerprint density at radius 2 is 2.60 bits per heavy atom. The van der Waals surface area contributed by atoms with Crippen molar-refractivity contribution in [3.63, 3.8) is 0 Å². The van der Waals surface area contributed by atoms with E-state index in [4.69, 9.17) is 5.26 Å². The third-order valence-electron chi connectivity index (χ3n) is 1.26. The lowest BCUT2D eigenvalue weighted by Gasteiger charge is -1.74. The number of nitrogens with zero attached hydrogens (tertiary/aromatic N) is 3. The van der Waals surface area contributed by atoms with Crippen LogP contribution in [-0.4, -0.2) is 9.38 Å². The highest BCUT2D eigenvalue weighted by atomic mass is 32.1. The third-order valence-corrected chi connectivity index (χ3v) is 2.14. The summed E-state index contributed by atoms with van der Waals surface area (Å²) in [7, 11) is 0. The van der Waals surface area contributed by atoms with Crippen LogP contribution in [0.1, 0.15) is 5.69 Å². The van der Waals surface area contributed by atoms with Crippen molar-refractivity contribution in [2.75, 3.05) is 0 Å². The fraction of sp³-hybridized carbons (Fsp3) is 0. The number of nitriles is 1. The molecule has 0 saturated heterocycles. The molecule has 0 fully saturated rings. The first kappa shape index (κ1) is 5.45. The van der Waals surface area contributed by atoms with E-state index in [1.165, 1.54) is 11.3 Å². The summed E-state index contributed by atoms with van der Waals surface area (Å²) < 4.78 is 1.84. The Hall–Kier alpha value is -1.34. The second kappa shape index (κ2) is 1.82. The standard InChI is InChI=1S/C6H3N3S/c7-3-5-6-9(4-8-5)1-2-10-6/h1-2,4H. The summed E-state index contributed by atoms with van der Waals surface area (Å²) in [5, 5.41) is 10.5. The van der Waals surface area contributed by atoms with E-state index in [-0.39, 0.29) is 0 Å². The summed E-state index contributed by atoms with van der Waals surface area (Å²) in [6.45, 7) is 0. The number of hydrogen-bond donors (Lipinski definition) is 0. The van der Waals surface area contributed by atoms with Gasteiger partial charge >= 0.3 is 0 Å². The van der Waals surface area contributed by atoms with Gasteiger partial charge in [0.1, 0.15) is 17.2 Å². The van der Waals surface area contributed by atoms with E-state index in [1.807, 2.05) is 22.0 Å². The SMILES string of the molecule is N#Cc1ncn2ccsc12.